The molecule has 5 heteroatoms. The van der Waals surface area contributed by atoms with Crippen LogP contribution in [0.15, 0.2) is 61.2 Å². The molecule has 1 aliphatic heterocycles. The molecule has 2 aromatic rings. The summed E-state index contributed by atoms with van der Waals surface area (Å²) in [5, 5.41) is 2.78. The molecule has 5 nitrogen and oxygen atoms in total. The first-order valence-electron chi connectivity index (χ1n) is 9.41. The fourth-order valence-electron chi connectivity index (χ4n) is 3.38. The Morgan fingerprint density at radius 1 is 1.07 bits per heavy atom. The van der Waals surface area contributed by atoms with Crippen LogP contribution >= 0.6 is 0 Å². The molecule has 28 heavy (non-hydrogen) atoms. The van der Waals surface area contributed by atoms with Gasteiger partial charge in [0.25, 0.3) is 5.91 Å². The van der Waals surface area contributed by atoms with Crippen LogP contribution in [0.3, 0.4) is 0 Å². The van der Waals surface area contributed by atoms with Crippen molar-refractivity contribution in [1.29, 1.82) is 0 Å². The SMILES string of the molecule is C=C1c2ccccc2C(=O)N1C(CCNC(=O)OC(C)(C)C)c1ccccc1. The van der Waals surface area contributed by atoms with E-state index in [0.717, 1.165) is 11.1 Å². The predicted molar refractivity (Wildman–Crippen MR) is 110 cm³/mol. The molecule has 0 aliphatic carbocycles. The average Bonchev–Trinajstić information content (AvgIpc) is 2.90. The highest BCUT2D eigenvalue weighted by Gasteiger charge is 2.36. The van der Waals surface area contributed by atoms with Crippen LogP contribution in [0.5, 0.6) is 0 Å². The van der Waals surface area contributed by atoms with Crippen molar-refractivity contribution in [2.45, 2.75) is 38.8 Å². The number of carbonyl (C=O) groups excluding carboxylic acids is 2. The van der Waals surface area contributed by atoms with Gasteiger partial charge in [-0.25, -0.2) is 4.79 Å². The van der Waals surface area contributed by atoms with Crippen LogP contribution in [0.25, 0.3) is 5.70 Å². The molecule has 3 rings (SSSR count). The Morgan fingerprint density at radius 3 is 2.29 bits per heavy atom. The second-order valence-corrected chi connectivity index (χ2v) is 7.81. The van der Waals surface area contributed by atoms with Gasteiger partial charge >= 0.3 is 6.09 Å². The van der Waals surface area contributed by atoms with E-state index in [-0.39, 0.29) is 11.9 Å². The zero-order valence-electron chi connectivity index (χ0n) is 16.6. The Balaban J connectivity index is 1.79. The summed E-state index contributed by atoms with van der Waals surface area (Å²) in [5.41, 5.74) is 2.65. The highest BCUT2D eigenvalue weighted by molar-refractivity contribution is 6.09. The van der Waals surface area contributed by atoms with Crippen LogP contribution < -0.4 is 5.32 Å². The van der Waals surface area contributed by atoms with Crippen molar-refractivity contribution in [2.24, 2.45) is 0 Å². The summed E-state index contributed by atoms with van der Waals surface area (Å²) >= 11 is 0. The number of amides is 2. The third kappa shape index (κ3) is 4.25. The summed E-state index contributed by atoms with van der Waals surface area (Å²) in [6.07, 6.45) is 0.0799. The third-order valence-corrected chi connectivity index (χ3v) is 4.56. The first kappa shape index (κ1) is 19.7. The van der Waals surface area contributed by atoms with Crippen LogP contribution in [0, 0.1) is 0 Å². The highest BCUT2D eigenvalue weighted by Crippen LogP contribution is 2.39. The minimum absolute atomic E-state index is 0.0632. The van der Waals surface area contributed by atoms with Crippen molar-refractivity contribution in [2.75, 3.05) is 6.54 Å². The van der Waals surface area contributed by atoms with Gasteiger partial charge in [-0.3, -0.25) is 4.79 Å². The Morgan fingerprint density at radius 2 is 1.68 bits per heavy atom. The predicted octanol–water partition coefficient (Wildman–Crippen LogP) is 4.77. The summed E-state index contributed by atoms with van der Waals surface area (Å²) in [7, 11) is 0. The van der Waals surface area contributed by atoms with Crippen molar-refractivity contribution in [1.82, 2.24) is 10.2 Å². The third-order valence-electron chi connectivity index (χ3n) is 4.56. The van der Waals surface area contributed by atoms with E-state index in [1.165, 1.54) is 0 Å². The zero-order chi connectivity index (χ0) is 20.3. The van der Waals surface area contributed by atoms with Gasteiger partial charge in [-0.2, -0.15) is 0 Å². The second-order valence-electron chi connectivity index (χ2n) is 7.81. The van der Waals surface area contributed by atoms with Gasteiger partial charge in [0, 0.05) is 23.4 Å². The second kappa shape index (κ2) is 7.89. The number of fused-ring (bicyclic) bond motifs is 1. The molecule has 0 fully saturated rings. The number of hydrogen-bond acceptors (Lipinski definition) is 3. The van der Waals surface area contributed by atoms with E-state index >= 15 is 0 Å². The van der Waals surface area contributed by atoms with Gasteiger partial charge in [0.15, 0.2) is 0 Å². The largest absolute Gasteiger partial charge is 0.444 e. The monoisotopic (exact) mass is 378 g/mol. The molecule has 1 atom stereocenters. The maximum absolute atomic E-state index is 13.1. The number of nitrogens with one attached hydrogen (secondary N) is 1. The molecule has 146 valence electrons. The standard InChI is InChI=1S/C23H26N2O3/c1-16-18-12-8-9-13-19(18)21(26)25(16)20(17-10-6-5-7-11-17)14-15-24-22(27)28-23(2,3)4/h5-13,20H,1,14-15H2,2-4H3,(H,24,27). The normalized spacial score (nSPS) is 14.6. The summed E-state index contributed by atoms with van der Waals surface area (Å²) in [4.78, 5) is 26.8. The van der Waals surface area contributed by atoms with Gasteiger partial charge < -0.3 is 15.0 Å². The van der Waals surface area contributed by atoms with E-state index in [1.54, 1.807) is 4.90 Å². The van der Waals surface area contributed by atoms with E-state index in [0.29, 0.717) is 24.2 Å². The van der Waals surface area contributed by atoms with E-state index in [2.05, 4.69) is 11.9 Å². The Bertz CT molecular complexity index is 849. The maximum Gasteiger partial charge on any atom is 0.407 e. The number of rotatable bonds is 5. The molecule has 0 saturated heterocycles. The van der Waals surface area contributed by atoms with E-state index in [4.69, 9.17) is 4.74 Å². The summed E-state index contributed by atoms with van der Waals surface area (Å²) in [6.45, 7) is 10.0. The van der Waals surface area contributed by atoms with Gasteiger partial charge in [-0.05, 0) is 38.8 Å². The Hall–Kier alpha value is -3.08. The van der Waals surface area contributed by atoms with Crippen LogP contribution in [0.2, 0.25) is 0 Å². The molecule has 0 radical (unpaired) electrons. The lowest BCUT2D eigenvalue weighted by Gasteiger charge is -2.29. The lowest BCUT2D eigenvalue weighted by Crippen LogP contribution is -2.35. The summed E-state index contributed by atoms with van der Waals surface area (Å²) < 4.78 is 5.30. The summed E-state index contributed by atoms with van der Waals surface area (Å²) in [6, 6.07) is 17.1. The zero-order valence-corrected chi connectivity index (χ0v) is 16.6. The van der Waals surface area contributed by atoms with Crippen molar-refractivity contribution < 1.29 is 14.3 Å². The average molecular weight is 378 g/mol. The first-order chi connectivity index (χ1) is 13.3. The molecule has 1 N–H and O–H groups in total. The lowest BCUT2D eigenvalue weighted by molar-refractivity contribution is 0.0524. The van der Waals surface area contributed by atoms with Gasteiger partial charge in [-0.1, -0.05) is 55.1 Å². The molecule has 0 saturated carbocycles. The minimum atomic E-state index is -0.552. The van der Waals surface area contributed by atoms with Crippen molar-refractivity contribution in [3.8, 4) is 0 Å². The molecule has 0 spiro atoms. The molecule has 1 heterocycles. The van der Waals surface area contributed by atoms with Crippen LogP contribution in [-0.2, 0) is 4.74 Å². The molecule has 1 unspecified atom stereocenters. The van der Waals surface area contributed by atoms with Crippen LogP contribution in [-0.4, -0.2) is 29.0 Å². The molecule has 2 amide bonds. The minimum Gasteiger partial charge on any atom is -0.444 e. The van der Waals surface area contributed by atoms with E-state index < -0.39 is 11.7 Å². The smallest absolute Gasteiger partial charge is 0.407 e. The number of ether oxygens (including phenoxy) is 1. The fourth-order valence-corrected chi connectivity index (χ4v) is 3.38. The van der Waals surface area contributed by atoms with Gasteiger partial charge in [0.1, 0.15) is 5.60 Å². The Kier molecular flexibility index (Phi) is 5.54. The van der Waals surface area contributed by atoms with E-state index in [1.807, 2.05) is 75.4 Å². The summed E-state index contributed by atoms with van der Waals surface area (Å²) in [5.74, 6) is -0.0632. The van der Waals surface area contributed by atoms with Gasteiger partial charge in [-0.15, -0.1) is 0 Å². The highest BCUT2D eigenvalue weighted by atomic mass is 16.6. The van der Waals surface area contributed by atoms with E-state index in [9.17, 15) is 9.59 Å². The van der Waals surface area contributed by atoms with Crippen LogP contribution in [0.1, 0.15) is 54.7 Å². The van der Waals surface area contributed by atoms with Crippen molar-refractivity contribution >= 4 is 17.7 Å². The number of benzene rings is 2. The number of alkyl carbamates (subject to hydrolysis) is 1. The first-order valence-corrected chi connectivity index (χ1v) is 9.41. The molecule has 0 bridgehead atoms. The van der Waals surface area contributed by atoms with Gasteiger partial charge in [0.05, 0.1) is 6.04 Å². The Labute approximate surface area is 166 Å². The number of hydrogen-bond donors (Lipinski definition) is 1. The fraction of sp³-hybridized carbons (Fsp3) is 0.304. The quantitative estimate of drug-likeness (QED) is 0.815. The van der Waals surface area contributed by atoms with Crippen molar-refractivity contribution in [3.05, 3.63) is 77.9 Å². The van der Waals surface area contributed by atoms with Crippen molar-refractivity contribution in [3.63, 3.8) is 0 Å². The molecule has 0 aromatic heterocycles. The lowest BCUT2D eigenvalue weighted by atomic mass is 10.0. The molecular weight excluding hydrogens is 352 g/mol. The van der Waals surface area contributed by atoms with Crippen LogP contribution in [0.4, 0.5) is 4.79 Å². The molecule has 1 aliphatic rings. The number of nitrogens with zero attached hydrogens (tertiary/aromatic N) is 1. The molecular formula is C23H26N2O3. The topological polar surface area (TPSA) is 58.6 Å². The van der Waals surface area contributed by atoms with Gasteiger partial charge in [0.2, 0.25) is 0 Å². The number of carbonyl (C=O) groups is 2. The molecule has 2 aromatic carbocycles. The maximum atomic E-state index is 13.1.